The second-order valence-electron chi connectivity index (χ2n) is 7.99. The van der Waals surface area contributed by atoms with Crippen molar-refractivity contribution in [1.29, 1.82) is 0 Å². The summed E-state index contributed by atoms with van der Waals surface area (Å²) in [5.74, 6) is 0.494. The van der Waals surface area contributed by atoms with E-state index in [2.05, 4.69) is 10.6 Å². The van der Waals surface area contributed by atoms with Crippen molar-refractivity contribution in [3.05, 3.63) is 23.8 Å². The van der Waals surface area contributed by atoms with Crippen LogP contribution < -0.4 is 15.4 Å². The quantitative estimate of drug-likeness (QED) is 0.493. The van der Waals surface area contributed by atoms with Crippen LogP contribution in [0.15, 0.2) is 18.2 Å². The fraction of sp³-hybridized carbons (Fsp3) is 0.619. The van der Waals surface area contributed by atoms with E-state index in [9.17, 15) is 14.7 Å². The SMILES string of the molecule is COCCNC(=O)C[C@@H]1C[C@@H]2c3cc(NC(=O)CN(C)C)ccc3O[C@@H]2[C@H](CO)O1. The Morgan fingerprint density at radius 3 is 2.80 bits per heavy atom. The third kappa shape index (κ3) is 5.48. The predicted octanol–water partition coefficient (Wildman–Crippen LogP) is 0.334. The number of benzene rings is 1. The number of carbonyl (C=O) groups excluding carboxylic acids is 2. The molecular formula is C21H31N3O6. The van der Waals surface area contributed by atoms with E-state index in [0.717, 1.165) is 11.3 Å². The Morgan fingerprint density at radius 2 is 2.10 bits per heavy atom. The number of hydrogen-bond acceptors (Lipinski definition) is 7. The van der Waals surface area contributed by atoms with Crippen molar-refractivity contribution in [2.24, 2.45) is 0 Å². The molecule has 0 aliphatic carbocycles. The number of carbonyl (C=O) groups is 2. The lowest BCUT2D eigenvalue weighted by Gasteiger charge is -2.37. The molecule has 0 radical (unpaired) electrons. The molecule has 0 saturated carbocycles. The molecule has 1 fully saturated rings. The van der Waals surface area contributed by atoms with Gasteiger partial charge >= 0.3 is 0 Å². The van der Waals surface area contributed by atoms with Gasteiger partial charge < -0.3 is 34.9 Å². The maximum atomic E-state index is 12.2. The molecule has 0 unspecified atom stereocenters. The van der Waals surface area contributed by atoms with Crippen LogP contribution in [0.2, 0.25) is 0 Å². The fourth-order valence-corrected chi connectivity index (χ4v) is 4.03. The second kappa shape index (κ2) is 10.2. The number of aliphatic hydroxyl groups excluding tert-OH is 1. The smallest absolute Gasteiger partial charge is 0.238 e. The van der Waals surface area contributed by atoms with Crippen molar-refractivity contribution in [3.63, 3.8) is 0 Å². The lowest BCUT2D eigenvalue weighted by molar-refractivity contribution is -0.142. The minimum atomic E-state index is -0.514. The number of anilines is 1. The Kier molecular flexibility index (Phi) is 7.65. The molecule has 2 aliphatic rings. The van der Waals surface area contributed by atoms with E-state index in [-0.39, 0.29) is 43.0 Å². The van der Waals surface area contributed by atoms with Gasteiger partial charge in [-0.25, -0.2) is 0 Å². The Morgan fingerprint density at radius 1 is 1.30 bits per heavy atom. The molecule has 1 aromatic rings. The predicted molar refractivity (Wildman–Crippen MR) is 111 cm³/mol. The van der Waals surface area contributed by atoms with Gasteiger partial charge in [0.2, 0.25) is 11.8 Å². The highest BCUT2D eigenvalue weighted by Crippen LogP contribution is 2.47. The molecule has 9 nitrogen and oxygen atoms in total. The molecule has 0 bridgehead atoms. The van der Waals surface area contributed by atoms with Gasteiger partial charge in [0, 0.05) is 30.8 Å². The van der Waals surface area contributed by atoms with Crippen LogP contribution in [0.4, 0.5) is 5.69 Å². The number of nitrogens with zero attached hydrogens (tertiary/aromatic N) is 1. The van der Waals surface area contributed by atoms with Crippen LogP contribution in [0.3, 0.4) is 0 Å². The monoisotopic (exact) mass is 421 g/mol. The van der Waals surface area contributed by atoms with Gasteiger partial charge in [-0.15, -0.1) is 0 Å². The van der Waals surface area contributed by atoms with Gasteiger partial charge in [-0.2, -0.15) is 0 Å². The van der Waals surface area contributed by atoms with E-state index in [1.54, 1.807) is 18.1 Å². The summed E-state index contributed by atoms with van der Waals surface area (Å²) in [7, 11) is 5.25. The van der Waals surface area contributed by atoms with Gasteiger partial charge in [0.1, 0.15) is 18.0 Å². The number of aliphatic hydroxyl groups is 1. The van der Waals surface area contributed by atoms with Crippen LogP contribution in [0.5, 0.6) is 5.75 Å². The zero-order valence-corrected chi connectivity index (χ0v) is 17.7. The fourth-order valence-electron chi connectivity index (χ4n) is 4.03. The van der Waals surface area contributed by atoms with Crippen molar-refractivity contribution < 1.29 is 28.9 Å². The molecule has 1 saturated heterocycles. The van der Waals surface area contributed by atoms with Gasteiger partial charge in [-0.3, -0.25) is 9.59 Å². The normalized spacial score (nSPS) is 24.7. The van der Waals surface area contributed by atoms with Crippen LogP contribution >= 0.6 is 0 Å². The van der Waals surface area contributed by atoms with Crippen molar-refractivity contribution in [3.8, 4) is 5.75 Å². The summed E-state index contributed by atoms with van der Waals surface area (Å²) in [6, 6.07) is 5.56. The average molecular weight is 421 g/mol. The highest BCUT2D eigenvalue weighted by molar-refractivity contribution is 5.92. The van der Waals surface area contributed by atoms with E-state index >= 15 is 0 Å². The largest absolute Gasteiger partial charge is 0.487 e. The third-order valence-electron chi connectivity index (χ3n) is 5.28. The van der Waals surface area contributed by atoms with E-state index in [0.29, 0.717) is 31.8 Å². The molecule has 0 aromatic heterocycles. The number of ether oxygens (including phenoxy) is 3. The number of hydrogen-bond donors (Lipinski definition) is 3. The summed E-state index contributed by atoms with van der Waals surface area (Å²) in [5, 5.41) is 15.5. The van der Waals surface area contributed by atoms with Gasteiger partial charge in [-0.1, -0.05) is 0 Å². The molecule has 2 heterocycles. The number of likely N-dealkylation sites (N-methyl/N-ethyl adjacent to an activating group) is 1. The zero-order chi connectivity index (χ0) is 21.7. The standard InChI is InChI=1S/C21H31N3O6/c1-24(2)11-20(27)23-13-4-5-17-15(8-13)16-9-14(10-19(26)22-6-7-28-3)29-18(12-25)21(16)30-17/h4-5,8,14,16,18,21,25H,6-7,9-12H2,1-3H3,(H,22,26)(H,23,27)/t14-,16+,18-,21-/m0/s1. The molecule has 3 rings (SSSR count). The number of amides is 2. The molecule has 1 aromatic carbocycles. The number of fused-ring (bicyclic) bond motifs is 3. The lowest BCUT2D eigenvalue weighted by Crippen LogP contribution is -2.47. The minimum absolute atomic E-state index is 0.0200. The van der Waals surface area contributed by atoms with Crippen molar-refractivity contribution in [2.45, 2.75) is 37.1 Å². The van der Waals surface area contributed by atoms with Gasteiger partial charge in [0.15, 0.2) is 0 Å². The molecule has 4 atom stereocenters. The maximum Gasteiger partial charge on any atom is 0.238 e. The van der Waals surface area contributed by atoms with Crippen LogP contribution in [-0.2, 0) is 19.1 Å². The summed E-state index contributed by atoms with van der Waals surface area (Å²) >= 11 is 0. The van der Waals surface area contributed by atoms with Gasteiger partial charge in [0.05, 0.1) is 32.3 Å². The Bertz CT molecular complexity index is 756. The molecule has 0 spiro atoms. The maximum absolute atomic E-state index is 12.2. The summed E-state index contributed by atoms with van der Waals surface area (Å²) in [4.78, 5) is 26.1. The van der Waals surface area contributed by atoms with E-state index in [1.807, 2.05) is 26.2 Å². The zero-order valence-electron chi connectivity index (χ0n) is 17.7. The van der Waals surface area contributed by atoms with Gasteiger partial charge in [0.25, 0.3) is 0 Å². The van der Waals surface area contributed by atoms with Crippen molar-refractivity contribution >= 4 is 17.5 Å². The number of rotatable bonds is 9. The van der Waals surface area contributed by atoms with Crippen molar-refractivity contribution in [1.82, 2.24) is 10.2 Å². The number of nitrogens with one attached hydrogen (secondary N) is 2. The van der Waals surface area contributed by atoms with E-state index in [1.165, 1.54) is 0 Å². The molecule has 2 amide bonds. The summed E-state index contributed by atoms with van der Waals surface area (Å²) < 4.78 is 16.9. The molecule has 166 valence electrons. The highest BCUT2D eigenvalue weighted by Gasteiger charge is 2.46. The third-order valence-corrected chi connectivity index (χ3v) is 5.28. The van der Waals surface area contributed by atoms with E-state index in [4.69, 9.17) is 14.2 Å². The van der Waals surface area contributed by atoms with Gasteiger partial charge in [-0.05, 0) is 38.7 Å². The molecule has 9 heteroatoms. The molecule has 30 heavy (non-hydrogen) atoms. The first kappa shape index (κ1) is 22.5. The highest BCUT2D eigenvalue weighted by atomic mass is 16.6. The minimum Gasteiger partial charge on any atom is -0.487 e. The summed E-state index contributed by atoms with van der Waals surface area (Å²) in [6.45, 7) is 0.994. The van der Waals surface area contributed by atoms with Crippen LogP contribution in [0, 0.1) is 0 Å². The first-order chi connectivity index (χ1) is 14.4. The average Bonchev–Trinajstić information content (AvgIpc) is 3.05. The summed E-state index contributed by atoms with van der Waals surface area (Å²) in [6.07, 6.45) is -0.350. The first-order valence-corrected chi connectivity index (χ1v) is 10.2. The molecule has 2 aliphatic heterocycles. The van der Waals surface area contributed by atoms with Crippen LogP contribution in [0.1, 0.15) is 24.3 Å². The van der Waals surface area contributed by atoms with Crippen LogP contribution in [0.25, 0.3) is 0 Å². The Labute approximate surface area is 176 Å². The molecular weight excluding hydrogens is 390 g/mol. The van der Waals surface area contributed by atoms with E-state index < -0.39 is 6.10 Å². The first-order valence-electron chi connectivity index (χ1n) is 10.2. The Balaban J connectivity index is 1.70. The number of methoxy groups -OCH3 is 1. The Hall–Kier alpha value is -2.20. The molecule has 3 N–H and O–H groups in total. The second-order valence-corrected chi connectivity index (χ2v) is 7.99. The summed E-state index contributed by atoms with van der Waals surface area (Å²) in [5.41, 5.74) is 1.67. The lowest BCUT2D eigenvalue weighted by atomic mass is 9.84. The van der Waals surface area contributed by atoms with Crippen LogP contribution in [-0.4, -0.2) is 87.6 Å². The van der Waals surface area contributed by atoms with Crippen molar-refractivity contribution in [2.75, 3.05) is 52.8 Å². The topological polar surface area (TPSA) is 109 Å².